The topological polar surface area (TPSA) is 126 Å². The maximum atomic E-state index is 15.1. The van der Waals surface area contributed by atoms with Crippen LogP contribution in [0.25, 0.3) is 49.9 Å². The summed E-state index contributed by atoms with van der Waals surface area (Å²) >= 11 is 0. The number of halogens is 1. The molecule has 0 bridgehead atoms. The van der Waals surface area contributed by atoms with Crippen LogP contribution in [-0.2, 0) is 6.54 Å². The summed E-state index contributed by atoms with van der Waals surface area (Å²) in [6.45, 7) is 0.483. The molecule has 3 N–H and O–H groups in total. The summed E-state index contributed by atoms with van der Waals surface area (Å²) in [5.74, 6) is -0.483. The second-order valence-electron chi connectivity index (χ2n) is 8.26. The van der Waals surface area contributed by atoms with Crippen molar-refractivity contribution < 1.29 is 4.39 Å². The van der Waals surface area contributed by atoms with Crippen LogP contribution in [0.3, 0.4) is 0 Å². The summed E-state index contributed by atoms with van der Waals surface area (Å²) < 4.78 is 18.5. The summed E-state index contributed by atoms with van der Waals surface area (Å²) in [4.78, 5) is 17.1. The predicted molar refractivity (Wildman–Crippen MR) is 128 cm³/mol. The molecule has 3 aromatic carbocycles. The lowest BCUT2D eigenvalue weighted by atomic mass is 10.1. The molecule has 0 radical (unpaired) electrons. The molecule has 0 atom stereocenters. The van der Waals surface area contributed by atoms with Gasteiger partial charge in [0.05, 0.1) is 46.2 Å². The van der Waals surface area contributed by atoms with E-state index in [4.69, 9.17) is 0 Å². The monoisotopic (exact) mass is 465 g/mol. The third-order valence-corrected chi connectivity index (χ3v) is 6.15. The van der Waals surface area contributed by atoms with Gasteiger partial charge < -0.3 is 9.97 Å². The lowest BCUT2D eigenvalue weighted by molar-refractivity contribution is 0.635. The van der Waals surface area contributed by atoms with E-state index in [-0.39, 0.29) is 11.2 Å². The summed E-state index contributed by atoms with van der Waals surface area (Å²) in [5.41, 5.74) is 5.65. The van der Waals surface area contributed by atoms with Crippen molar-refractivity contribution in [2.75, 3.05) is 0 Å². The molecule has 0 aliphatic rings. The highest BCUT2D eigenvalue weighted by atomic mass is 19.1. The van der Waals surface area contributed by atoms with Gasteiger partial charge in [-0.2, -0.15) is 10.2 Å². The van der Waals surface area contributed by atoms with E-state index in [0.29, 0.717) is 34.3 Å². The van der Waals surface area contributed by atoms with E-state index >= 15 is 4.39 Å². The fourth-order valence-corrected chi connectivity index (χ4v) is 4.50. The number of hydrogen-bond donors (Lipinski definition) is 3. The normalized spacial score (nSPS) is 11.8. The first-order valence-corrected chi connectivity index (χ1v) is 10.8. The molecule has 10 nitrogen and oxygen atoms in total. The summed E-state index contributed by atoms with van der Waals surface area (Å²) in [6, 6.07) is 16.4. The molecule has 7 rings (SSSR count). The number of aromatic nitrogens is 9. The second kappa shape index (κ2) is 7.22. The summed E-state index contributed by atoms with van der Waals surface area (Å²) in [5, 5.41) is 20.9. The first-order valence-electron chi connectivity index (χ1n) is 10.8. The fraction of sp³-hybridized carbons (Fsp3) is 0.0417. The zero-order valence-electron chi connectivity index (χ0n) is 18.0. The van der Waals surface area contributed by atoms with Crippen LogP contribution in [0.5, 0.6) is 0 Å². The van der Waals surface area contributed by atoms with E-state index in [9.17, 15) is 4.79 Å². The van der Waals surface area contributed by atoms with E-state index in [1.165, 1.54) is 6.07 Å². The van der Waals surface area contributed by atoms with Crippen LogP contribution in [0.2, 0.25) is 0 Å². The number of benzene rings is 3. The van der Waals surface area contributed by atoms with Gasteiger partial charge in [0.25, 0.3) is 0 Å². The fourth-order valence-electron chi connectivity index (χ4n) is 4.50. The summed E-state index contributed by atoms with van der Waals surface area (Å²) in [7, 11) is 0. The number of para-hydroxylation sites is 1. The number of nitrogens with zero attached hydrogens (tertiary/aromatic N) is 6. The number of nitrogens with one attached hydrogen (secondary N) is 3. The molecule has 0 saturated carbocycles. The van der Waals surface area contributed by atoms with Crippen LogP contribution in [-0.4, -0.2) is 44.9 Å². The molecule has 0 spiro atoms. The second-order valence-corrected chi connectivity index (χ2v) is 8.26. The highest BCUT2D eigenvalue weighted by Crippen LogP contribution is 2.29. The van der Waals surface area contributed by atoms with Crippen LogP contribution in [0.4, 0.5) is 4.39 Å². The predicted octanol–water partition coefficient (Wildman–Crippen LogP) is 3.52. The Morgan fingerprint density at radius 1 is 1.00 bits per heavy atom. The van der Waals surface area contributed by atoms with Gasteiger partial charge >= 0.3 is 5.69 Å². The Morgan fingerprint density at radius 2 is 1.91 bits per heavy atom. The molecule has 35 heavy (non-hydrogen) atoms. The largest absolute Gasteiger partial charge is 0.323 e. The Labute approximate surface area is 195 Å². The maximum absolute atomic E-state index is 15.1. The lowest BCUT2D eigenvalue weighted by Crippen LogP contribution is -2.04. The zero-order valence-corrected chi connectivity index (χ0v) is 18.0. The Kier molecular flexibility index (Phi) is 4.00. The van der Waals surface area contributed by atoms with Crippen LogP contribution >= 0.6 is 0 Å². The number of aromatic amines is 3. The number of rotatable bonds is 4. The van der Waals surface area contributed by atoms with Crippen molar-refractivity contribution in [3.63, 3.8) is 0 Å². The molecule has 0 fully saturated rings. The first-order chi connectivity index (χ1) is 17.1. The highest BCUT2D eigenvalue weighted by molar-refractivity contribution is 5.84. The minimum atomic E-state index is -0.483. The van der Waals surface area contributed by atoms with Crippen molar-refractivity contribution in [3.05, 3.63) is 88.9 Å². The van der Waals surface area contributed by atoms with Gasteiger partial charge in [0, 0.05) is 17.1 Å². The molecule has 0 amide bonds. The molecule has 0 saturated heterocycles. The van der Waals surface area contributed by atoms with Gasteiger partial charge in [0.2, 0.25) is 0 Å². The minimum absolute atomic E-state index is 0.157. The maximum Gasteiger partial charge on any atom is 0.323 e. The van der Waals surface area contributed by atoms with Gasteiger partial charge in [0.1, 0.15) is 5.52 Å². The van der Waals surface area contributed by atoms with Crippen molar-refractivity contribution in [3.8, 4) is 16.9 Å². The van der Waals surface area contributed by atoms with Crippen LogP contribution in [0.1, 0.15) is 5.56 Å². The van der Waals surface area contributed by atoms with Gasteiger partial charge in [-0.3, -0.25) is 9.78 Å². The Morgan fingerprint density at radius 3 is 2.86 bits per heavy atom. The summed E-state index contributed by atoms with van der Waals surface area (Å²) in [6.07, 6.45) is 3.47. The Bertz CT molecular complexity index is 1940. The van der Waals surface area contributed by atoms with Crippen molar-refractivity contribution in [2.24, 2.45) is 0 Å². The van der Waals surface area contributed by atoms with Crippen molar-refractivity contribution >= 4 is 33.0 Å². The van der Waals surface area contributed by atoms with E-state index in [1.807, 2.05) is 35.0 Å². The molecule has 170 valence electrons. The van der Waals surface area contributed by atoms with E-state index in [2.05, 4.69) is 35.6 Å². The highest BCUT2D eigenvalue weighted by Gasteiger charge is 2.17. The van der Waals surface area contributed by atoms with Crippen LogP contribution < -0.4 is 5.69 Å². The van der Waals surface area contributed by atoms with Crippen LogP contribution in [0, 0.1) is 5.82 Å². The molecule has 4 aromatic heterocycles. The van der Waals surface area contributed by atoms with Crippen molar-refractivity contribution in [1.29, 1.82) is 0 Å². The zero-order chi connectivity index (χ0) is 23.5. The average molecular weight is 465 g/mol. The van der Waals surface area contributed by atoms with Crippen molar-refractivity contribution in [2.45, 2.75) is 6.54 Å². The van der Waals surface area contributed by atoms with Gasteiger partial charge in [-0.1, -0.05) is 23.4 Å². The standard InChI is InChI=1S/C24H16FN9O/c25-17-8-15(20-6-7-27-33(20)12-14-3-1-2-13-11-26-30-22(13)14)9-21-23(17)31-32-34(21)16-4-5-18-19(10-16)29-24(35)28-18/h1-11H,12H2,(H,26,30)(H2,28,29,35). The van der Waals surface area contributed by atoms with Crippen LogP contribution in [0.15, 0.2) is 71.8 Å². The molecule has 11 heteroatoms. The van der Waals surface area contributed by atoms with Gasteiger partial charge in [-0.15, -0.1) is 5.10 Å². The molecule has 0 unspecified atom stereocenters. The number of hydrogen-bond acceptors (Lipinski definition) is 5. The number of fused-ring (bicyclic) bond motifs is 3. The molecule has 7 aromatic rings. The van der Waals surface area contributed by atoms with E-state index < -0.39 is 5.82 Å². The minimum Gasteiger partial charge on any atom is -0.306 e. The third kappa shape index (κ3) is 3.05. The Balaban J connectivity index is 1.34. The SMILES string of the molecule is O=c1[nH]c2ccc(-n3nnc4c(F)cc(-c5ccnn5Cc5cccc6cn[nH]c56)cc43)cc2[nH]1. The van der Waals surface area contributed by atoms with Gasteiger partial charge in [-0.05, 0) is 42.0 Å². The molecule has 4 heterocycles. The van der Waals surface area contributed by atoms with E-state index in [1.54, 1.807) is 35.3 Å². The number of imidazole rings is 1. The lowest BCUT2D eigenvalue weighted by Gasteiger charge is -2.10. The van der Waals surface area contributed by atoms with Gasteiger partial charge in [0.15, 0.2) is 5.82 Å². The average Bonchev–Trinajstić information content (AvgIpc) is 3.63. The molecule has 0 aliphatic carbocycles. The van der Waals surface area contributed by atoms with Gasteiger partial charge in [-0.25, -0.2) is 13.9 Å². The van der Waals surface area contributed by atoms with E-state index in [0.717, 1.165) is 22.2 Å². The van der Waals surface area contributed by atoms with Crippen molar-refractivity contribution in [1.82, 2.24) is 44.9 Å². The smallest absolute Gasteiger partial charge is 0.306 e. The Hall–Kier alpha value is -5.06. The molecular weight excluding hydrogens is 449 g/mol. The quantitative estimate of drug-likeness (QED) is 0.367. The molecule has 0 aliphatic heterocycles. The molecular formula is C24H16FN9O. The number of H-pyrrole nitrogens is 3. The third-order valence-electron chi connectivity index (χ3n) is 6.15. The first kappa shape index (κ1) is 19.4.